The van der Waals surface area contributed by atoms with E-state index in [0.29, 0.717) is 43.9 Å². The van der Waals surface area contributed by atoms with Crippen LogP contribution in [0.25, 0.3) is 10.9 Å². The van der Waals surface area contributed by atoms with Gasteiger partial charge in [0.1, 0.15) is 5.56 Å². The van der Waals surface area contributed by atoms with Crippen LogP contribution in [0.3, 0.4) is 0 Å². The predicted molar refractivity (Wildman–Crippen MR) is 127 cm³/mol. The normalized spacial score (nSPS) is 15.9. The molecule has 1 aromatic heterocycles. The number of carboxylic acids is 1. The van der Waals surface area contributed by atoms with Crippen molar-refractivity contribution < 1.29 is 38.6 Å². The summed E-state index contributed by atoms with van der Waals surface area (Å²) in [6.07, 6.45) is 0.959. The molecule has 0 unspecified atom stereocenters. The molecule has 1 fully saturated rings. The van der Waals surface area contributed by atoms with Crippen molar-refractivity contribution in [2.45, 2.75) is 25.3 Å². The van der Waals surface area contributed by atoms with Gasteiger partial charge in [0.15, 0.2) is 5.40 Å². The van der Waals surface area contributed by atoms with Crippen LogP contribution in [0, 0.1) is 0 Å². The summed E-state index contributed by atoms with van der Waals surface area (Å²) in [5.74, 6) is -1.31. The second-order valence-electron chi connectivity index (χ2n) is 8.06. The molecule has 0 saturated carbocycles. The molecule has 0 aliphatic carbocycles. The minimum absolute atomic E-state index is 0.105. The lowest BCUT2D eigenvalue weighted by atomic mass is 10.1. The molecule has 0 atom stereocenters. The van der Waals surface area contributed by atoms with Gasteiger partial charge in [0.05, 0.1) is 16.2 Å². The van der Waals surface area contributed by atoms with Gasteiger partial charge in [-0.1, -0.05) is 11.6 Å². The standard InChI is InChI=1S/C19H26ClN3O9P2/c1-2-22-11-13(19(25)26)18(24)12-9-14(20)16(10-15(12)22)23-7-5-21(6-8-23)4-3-17(33(27,28)29)34(30,31)32/h9-11,17H,2-8H2,1H3,(H,25,26)(H2,27,28,29)(H2,30,31,32). The van der Waals surface area contributed by atoms with E-state index >= 15 is 0 Å². The number of pyridine rings is 1. The average molecular weight is 538 g/mol. The summed E-state index contributed by atoms with van der Waals surface area (Å²) in [5, 5.41) is 7.77. The molecule has 1 saturated heterocycles. The first-order valence-corrected chi connectivity index (χ1v) is 14.2. The highest BCUT2D eigenvalue weighted by molar-refractivity contribution is 7.70. The molecule has 5 N–H and O–H groups in total. The van der Waals surface area contributed by atoms with Crippen molar-refractivity contribution in [3.05, 3.63) is 39.1 Å². The largest absolute Gasteiger partial charge is 0.477 e. The number of nitrogens with zero attached hydrogens (tertiary/aromatic N) is 3. The molecule has 188 valence electrons. The first-order chi connectivity index (χ1) is 15.7. The Morgan fingerprint density at radius 3 is 2.18 bits per heavy atom. The van der Waals surface area contributed by atoms with Gasteiger partial charge >= 0.3 is 21.2 Å². The van der Waals surface area contributed by atoms with E-state index in [1.54, 1.807) is 10.6 Å². The Morgan fingerprint density at radius 2 is 1.68 bits per heavy atom. The first kappa shape index (κ1) is 26.8. The molecule has 15 heteroatoms. The summed E-state index contributed by atoms with van der Waals surface area (Å²) in [7, 11) is -9.92. The number of anilines is 1. The van der Waals surface area contributed by atoms with Crippen LogP contribution in [0.2, 0.25) is 5.02 Å². The Morgan fingerprint density at radius 1 is 1.09 bits per heavy atom. The van der Waals surface area contributed by atoms with Crippen molar-refractivity contribution in [3.63, 3.8) is 0 Å². The molecule has 1 aliphatic rings. The van der Waals surface area contributed by atoms with Crippen LogP contribution >= 0.6 is 26.8 Å². The molecule has 1 aliphatic heterocycles. The minimum atomic E-state index is -4.96. The van der Waals surface area contributed by atoms with Gasteiger partial charge in [-0.3, -0.25) is 18.8 Å². The molecule has 34 heavy (non-hydrogen) atoms. The first-order valence-electron chi connectivity index (χ1n) is 10.4. The van der Waals surface area contributed by atoms with Crippen LogP contribution in [0.15, 0.2) is 23.1 Å². The quantitative estimate of drug-likeness (QED) is 0.308. The number of carboxylic acid groups (broad SMARTS) is 1. The molecule has 0 amide bonds. The molecule has 0 radical (unpaired) electrons. The number of rotatable bonds is 8. The van der Waals surface area contributed by atoms with Gasteiger partial charge in [-0.05, 0) is 32.0 Å². The summed E-state index contributed by atoms with van der Waals surface area (Å²) >= 11 is 6.45. The highest BCUT2D eigenvalue weighted by Gasteiger charge is 2.43. The molecule has 1 aromatic carbocycles. The van der Waals surface area contributed by atoms with E-state index in [-0.39, 0.29) is 28.9 Å². The van der Waals surface area contributed by atoms with E-state index in [9.17, 15) is 43.4 Å². The number of halogens is 1. The fraction of sp³-hybridized carbons (Fsp3) is 0.474. The van der Waals surface area contributed by atoms with Crippen LogP contribution in [0.4, 0.5) is 5.69 Å². The summed E-state index contributed by atoms with van der Waals surface area (Å²) in [6, 6.07) is 3.20. The third-order valence-electron chi connectivity index (χ3n) is 5.91. The van der Waals surface area contributed by atoms with Crippen LogP contribution in [-0.4, -0.2) is 78.2 Å². The highest BCUT2D eigenvalue weighted by atomic mass is 35.5. The maximum Gasteiger partial charge on any atom is 0.341 e. The molecule has 3 rings (SSSR count). The zero-order chi connectivity index (χ0) is 25.4. The fourth-order valence-corrected chi connectivity index (χ4v) is 6.85. The Hall–Kier alpha value is -1.75. The number of piperazine rings is 1. The Bertz CT molecular complexity index is 1230. The van der Waals surface area contributed by atoms with Crippen LogP contribution in [0.5, 0.6) is 0 Å². The number of aromatic carboxylic acids is 1. The van der Waals surface area contributed by atoms with E-state index in [0.717, 1.165) is 0 Å². The van der Waals surface area contributed by atoms with Crippen molar-refractivity contribution in [1.29, 1.82) is 0 Å². The summed E-state index contributed by atoms with van der Waals surface area (Å²) in [5.41, 5.74) is 0.248. The van der Waals surface area contributed by atoms with E-state index < -0.39 is 32.0 Å². The molecule has 12 nitrogen and oxygen atoms in total. The Balaban J connectivity index is 1.79. The van der Waals surface area contributed by atoms with Gasteiger partial charge in [-0.2, -0.15) is 0 Å². The zero-order valence-electron chi connectivity index (χ0n) is 18.2. The molecule has 0 spiro atoms. The predicted octanol–water partition coefficient (Wildman–Crippen LogP) is 1.57. The number of hydrogen-bond donors (Lipinski definition) is 5. The lowest BCUT2D eigenvalue weighted by Gasteiger charge is -2.37. The van der Waals surface area contributed by atoms with Gasteiger partial charge in [0.25, 0.3) is 0 Å². The maximum absolute atomic E-state index is 12.6. The number of fused-ring (bicyclic) bond motifs is 1. The van der Waals surface area contributed by atoms with Gasteiger partial charge < -0.3 is 34.1 Å². The lowest BCUT2D eigenvalue weighted by Crippen LogP contribution is -2.47. The van der Waals surface area contributed by atoms with Gasteiger partial charge in [0.2, 0.25) is 5.43 Å². The molecule has 2 heterocycles. The zero-order valence-corrected chi connectivity index (χ0v) is 20.8. The Labute approximate surface area is 199 Å². The third kappa shape index (κ3) is 5.72. The van der Waals surface area contributed by atoms with Crippen molar-refractivity contribution in [3.8, 4) is 0 Å². The van der Waals surface area contributed by atoms with Crippen LogP contribution in [-0.2, 0) is 15.7 Å². The van der Waals surface area contributed by atoms with Crippen molar-refractivity contribution in [1.82, 2.24) is 9.47 Å². The number of hydrogen-bond acceptors (Lipinski definition) is 6. The molecular weight excluding hydrogens is 512 g/mol. The summed E-state index contributed by atoms with van der Waals surface area (Å²) in [4.78, 5) is 65.0. The van der Waals surface area contributed by atoms with Crippen LogP contribution < -0.4 is 10.3 Å². The number of benzene rings is 1. The highest BCUT2D eigenvalue weighted by Crippen LogP contribution is 2.61. The molecule has 2 aromatic rings. The molecular formula is C19H26ClN3O9P2. The number of carbonyl (C=O) groups is 1. The van der Waals surface area contributed by atoms with E-state index in [1.165, 1.54) is 12.3 Å². The minimum Gasteiger partial charge on any atom is -0.477 e. The Kier molecular flexibility index (Phi) is 7.96. The SMILES string of the molecule is CCn1cc(C(=O)O)c(=O)c2cc(Cl)c(N3CCN(CCC(P(=O)(O)O)P(=O)(O)O)CC3)cc21. The van der Waals surface area contributed by atoms with E-state index in [1.807, 2.05) is 16.7 Å². The monoisotopic (exact) mass is 537 g/mol. The molecule has 0 bridgehead atoms. The van der Waals surface area contributed by atoms with Crippen molar-refractivity contribution >= 4 is 49.4 Å². The van der Waals surface area contributed by atoms with Gasteiger partial charge in [-0.25, -0.2) is 4.79 Å². The third-order valence-corrected chi connectivity index (χ3v) is 10.1. The number of aryl methyl sites for hydroxylation is 1. The van der Waals surface area contributed by atoms with Crippen molar-refractivity contribution in [2.24, 2.45) is 0 Å². The smallest absolute Gasteiger partial charge is 0.341 e. The second-order valence-corrected chi connectivity index (χ2v) is 12.5. The van der Waals surface area contributed by atoms with E-state index in [2.05, 4.69) is 0 Å². The van der Waals surface area contributed by atoms with E-state index in [4.69, 9.17) is 11.6 Å². The second kappa shape index (κ2) is 10.1. The van der Waals surface area contributed by atoms with Gasteiger partial charge in [-0.15, -0.1) is 0 Å². The summed E-state index contributed by atoms with van der Waals surface area (Å²) < 4.78 is 24.6. The average Bonchev–Trinajstić information content (AvgIpc) is 2.72. The number of aromatic nitrogens is 1. The van der Waals surface area contributed by atoms with Gasteiger partial charge in [0, 0.05) is 44.3 Å². The lowest BCUT2D eigenvalue weighted by molar-refractivity contribution is 0.0694. The van der Waals surface area contributed by atoms with Crippen molar-refractivity contribution in [2.75, 3.05) is 37.6 Å². The fourth-order valence-electron chi connectivity index (χ4n) is 4.10. The topological polar surface area (TPSA) is 181 Å². The maximum atomic E-state index is 12.6. The van der Waals surface area contributed by atoms with Crippen LogP contribution in [0.1, 0.15) is 23.7 Å². The summed E-state index contributed by atoms with van der Waals surface area (Å²) in [6.45, 7) is 4.24.